The van der Waals surface area contributed by atoms with Crippen molar-refractivity contribution in [2.75, 3.05) is 13.4 Å². The van der Waals surface area contributed by atoms with Crippen LogP contribution in [0.25, 0.3) is 11.6 Å². The zero-order chi connectivity index (χ0) is 14.4. The summed E-state index contributed by atoms with van der Waals surface area (Å²) in [5, 5.41) is 0. The number of esters is 1. The Morgan fingerprint density at radius 3 is 2.25 bits per heavy atom. The highest BCUT2D eigenvalue weighted by atomic mass is 32.2. The highest BCUT2D eigenvalue weighted by molar-refractivity contribution is 7.98. The van der Waals surface area contributed by atoms with Crippen LogP contribution in [0.15, 0.2) is 59.5 Å². The van der Waals surface area contributed by atoms with E-state index in [1.165, 1.54) is 12.0 Å². The molecule has 0 bridgehead atoms. The van der Waals surface area contributed by atoms with E-state index in [4.69, 9.17) is 4.74 Å². The Hall–Kier alpha value is -2.00. The van der Waals surface area contributed by atoms with Crippen LogP contribution < -0.4 is 0 Å². The highest BCUT2D eigenvalue weighted by Gasteiger charge is 2.11. The lowest BCUT2D eigenvalue weighted by Crippen LogP contribution is -2.03. The Balaban J connectivity index is 2.40. The monoisotopic (exact) mass is 284 g/mol. The van der Waals surface area contributed by atoms with Crippen LogP contribution in [0.3, 0.4) is 0 Å². The second-order valence-corrected chi connectivity index (χ2v) is 5.07. The molecule has 0 amide bonds. The highest BCUT2D eigenvalue weighted by Crippen LogP contribution is 2.21. The number of hydrogen-bond donors (Lipinski definition) is 0. The molecule has 2 nitrogen and oxygen atoms in total. The molecule has 0 saturated carbocycles. The fraction of sp³-hybridized carbons (Fsp3) is 0.118. The molecule has 3 heteroatoms. The van der Waals surface area contributed by atoms with Crippen molar-refractivity contribution < 1.29 is 9.53 Å². The Kier molecular flexibility index (Phi) is 5.02. The first kappa shape index (κ1) is 14.4. The van der Waals surface area contributed by atoms with Crippen LogP contribution >= 0.6 is 11.8 Å². The average Bonchev–Trinajstić information content (AvgIpc) is 2.53. The third-order valence-corrected chi connectivity index (χ3v) is 3.66. The third kappa shape index (κ3) is 3.52. The van der Waals surface area contributed by atoms with Gasteiger partial charge < -0.3 is 4.74 Å². The summed E-state index contributed by atoms with van der Waals surface area (Å²) in [5.74, 6) is -0.329. The first-order valence-corrected chi connectivity index (χ1v) is 7.46. The summed E-state index contributed by atoms with van der Waals surface area (Å²) in [6.45, 7) is 0. The minimum atomic E-state index is -0.329. The molecule has 0 aromatic heterocycles. The molecule has 0 fully saturated rings. The molecule has 0 aliphatic heterocycles. The third-order valence-electron chi connectivity index (χ3n) is 2.92. The van der Waals surface area contributed by atoms with E-state index < -0.39 is 0 Å². The van der Waals surface area contributed by atoms with E-state index in [0.717, 1.165) is 11.1 Å². The van der Waals surface area contributed by atoms with Crippen molar-refractivity contribution >= 4 is 29.4 Å². The predicted octanol–water partition coefficient (Wildman–Crippen LogP) is 4.12. The lowest BCUT2D eigenvalue weighted by molar-refractivity contribution is -0.133. The summed E-state index contributed by atoms with van der Waals surface area (Å²) < 4.78 is 4.87. The van der Waals surface area contributed by atoms with Crippen LogP contribution in [0.4, 0.5) is 0 Å². The van der Waals surface area contributed by atoms with Crippen LogP contribution in [0, 0.1) is 0 Å². The molecule has 102 valence electrons. The molecule has 0 heterocycles. The molecule has 0 aliphatic rings. The smallest absolute Gasteiger partial charge is 0.338 e. The van der Waals surface area contributed by atoms with Crippen LogP contribution in [-0.4, -0.2) is 19.3 Å². The van der Waals surface area contributed by atoms with Gasteiger partial charge in [0.15, 0.2) is 0 Å². The predicted molar refractivity (Wildman–Crippen MR) is 84.6 cm³/mol. The molecule has 0 atom stereocenters. The maximum Gasteiger partial charge on any atom is 0.338 e. The van der Waals surface area contributed by atoms with Crippen molar-refractivity contribution in [3.63, 3.8) is 0 Å². The summed E-state index contributed by atoms with van der Waals surface area (Å²) in [7, 11) is 1.40. The van der Waals surface area contributed by atoms with Crippen LogP contribution in [0.5, 0.6) is 0 Å². The van der Waals surface area contributed by atoms with Crippen LogP contribution in [0.2, 0.25) is 0 Å². The van der Waals surface area contributed by atoms with Crippen molar-refractivity contribution in [2.24, 2.45) is 0 Å². The minimum absolute atomic E-state index is 0.329. The van der Waals surface area contributed by atoms with Gasteiger partial charge in [-0.3, -0.25) is 0 Å². The zero-order valence-corrected chi connectivity index (χ0v) is 12.3. The van der Waals surface area contributed by atoms with Crippen molar-refractivity contribution in [1.29, 1.82) is 0 Å². The van der Waals surface area contributed by atoms with Crippen molar-refractivity contribution in [3.05, 3.63) is 65.7 Å². The number of rotatable bonds is 4. The van der Waals surface area contributed by atoms with Crippen molar-refractivity contribution in [3.8, 4) is 0 Å². The number of carbonyl (C=O) groups is 1. The Labute approximate surface area is 123 Å². The average molecular weight is 284 g/mol. The summed E-state index contributed by atoms with van der Waals surface area (Å²) >= 11 is 1.69. The van der Waals surface area contributed by atoms with Gasteiger partial charge in [0.05, 0.1) is 12.7 Å². The lowest BCUT2D eigenvalue weighted by Gasteiger charge is -2.06. The second kappa shape index (κ2) is 6.96. The molecule has 0 N–H and O–H groups in total. The molecular weight excluding hydrogens is 268 g/mol. The van der Waals surface area contributed by atoms with E-state index in [1.54, 1.807) is 11.8 Å². The van der Waals surface area contributed by atoms with Gasteiger partial charge in [0.1, 0.15) is 0 Å². The quantitative estimate of drug-likeness (QED) is 0.365. The van der Waals surface area contributed by atoms with Gasteiger partial charge in [-0.2, -0.15) is 0 Å². The maximum absolute atomic E-state index is 11.9. The summed E-state index contributed by atoms with van der Waals surface area (Å²) in [6, 6.07) is 17.6. The number of benzene rings is 2. The number of carbonyl (C=O) groups excluding carboxylic acids is 1. The van der Waals surface area contributed by atoms with Gasteiger partial charge in [-0.1, -0.05) is 42.5 Å². The molecular formula is C17H16O2S. The van der Waals surface area contributed by atoms with E-state index >= 15 is 0 Å². The number of ether oxygens (including phenoxy) is 1. The Bertz CT molecular complexity index is 601. The molecule has 2 rings (SSSR count). The van der Waals surface area contributed by atoms with Crippen molar-refractivity contribution in [1.82, 2.24) is 0 Å². The molecule has 0 radical (unpaired) electrons. The first-order valence-electron chi connectivity index (χ1n) is 6.24. The van der Waals surface area contributed by atoms with Gasteiger partial charge in [-0.05, 0) is 35.6 Å². The molecule has 0 unspecified atom stereocenters. The van der Waals surface area contributed by atoms with Gasteiger partial charge in [0, 0.05) is 4.90 Å². The summed E-state index contributed by atoms with van der Waals surface area (Å²) in [6.07, 6.45) is 3.89. The fourth-order valence-electron chi connectivity index (χ4n) is 1.85. The molecule has 2 aromatic carbocycles. The molecule has 2 aromatic rings. The van der Waals surface area contributed by atoms with Gasteiger partial charge in [0.2, 0.25) is 0 Å². The van der Waals surface area contributed by atoms with E-state index in [-0.39, 0.29) is 5.97 Å². The van der Waals surface area contributed by atoms with E-state index in [1.807, 2.05) is 66.9 Å². The van der Waals surface area contributed by atoms with Gasteiger partial charge in [0.25, 0.3) is 0 Å². The van der Waals surface area contributed by atoms with Gasteiger partial charge in [-0.25, -0.2) is 4.79 Å². The van der Waals surface area contributed by atoms with E-state index in [9.17, 15) is 4.79 Å². The number of methoxy groups -OCH3 is 1. The molecule has 0 aliphatic carbocycles. The lowest BCUT2D eigenvalue weighted by atomic mass is 10.0. The Morgan fingerprint density at radius 1 is 1.05 bits per heavy atom. The standard InChI is InChI=1S/C17H16O2S/c1-19-17(18)16(14-6-4-3-5-7-14)12-13-8-10-15(20-2)11-9-13/h3-12H,1-2H3/b16-12+. The second-order valence-electron chi connectivity index (χ2n) is 4.19. The van der Waals surface area contributed by atoms with E-state index in [2.05, 4.69) is 0 Å². The first-order chi connectivity index (χ1) is 9.74. The van der Waals surface area contributed by atoms with Crippen molar-refractivity contribution in [2.45, 2.75) is 4.90 Å². The fourth-order valence-corrected chi connectivity index (χ4v) is 2.26. The molecule has 0 spiro atoms. The molecule has 0 saturated heterocycles. The summed E-state index contributed by atoms with van der Waals surface area (Å²) in [4.78, 5) is 13.1. The normalized spacial score (nSPS) is 11.2. The minimum Gasteiger partial charge on any atom is -0.465 e. The maximum atomic E-state index is 11.9. The van der Waals surface area contributed by atoms with Crippen LogP contribution in [-0.2, 0) is 9.53 Å². The van der Waals surface area contributed by atoms with E-state index in [0.29, 0.717) is 5.57 Å². The van der Waals surface area contributed by atoms with Crippen LogP contribution in [0.1, 0.15) is 11.1 Å². The SMILES string of the molecule is COC(=O)/C(=C/c1ccc(SC)cc1)c1ccccc1. The Morgan fingerprint density at radius 2 is 1.70 bits per heavy atom. The molecule has 20 heavy (non-hydrogen) atoms. The number of thioether (sulfide) groups is 1. The largest absolute Gasteiger partial charge is 0.465 e. The zero-order valence-electron chi connectivity index (χ0n) is 11.5. The van der Waals surface area contributed by atoms with Gasteiger partial charge >= 0.3 is 5.97 Å². The summed E-state index contributed by atoms with van der Waals surface area (Å²) in [5.41, 5.74) is 2.39. The van der Waals surface area contributed by atoms with Gasteiger partial charge in [-0.15, -0.1) is 11.8 Å². The number of hydrogen-bond acceptors (Lipinski definition) is 3. The topological polar surface area (TPSA) is 26.3 Å².